The smallest absolute Gasteiger partial charge is 0.255 e. The average Bonchev–Trinajstić information content (AvgIpc) is 3.03. The lowest BCUT2D eigenvalue weighted by Gasteiger charge is -2.35. The summed E-state index contributed by atoms with van der Waals surface area (Å²) in [4.78, 5) is 16.9. The molecule has 0 fully saturated rings. The number of hydrogen-bond donors (Lipinski definition) is 0. The van der Waals surface area contributed by atoms with Gasteiger partial charge < -0.3 is 14.5 Å². The van der Waals surface area contributed by atoms with E-state index in [0.717, 1.165) is 12.2 Å². The fraction of sp³-hybridized carbons (Fsp3) is 0.412. The van der Waals surface area contributed by atoms with Gasteiger partial charge in [0.25, 0.3) is 5.91 Å². The average molecular weight is 349 g/mol. The summed E-state index contributed by atoms with van der Waals surface area (Å²) in [5.41, 5.74) is 1.49. The van der Waals surface area contributed by atoms with Crippen molar-refractivity contribution in [2.75, 3.05) is 34.3 Å². The first-order chi connectivity index (χ1) is 11.5. The highest BCUT2D eigenvalue weighted by Crippen LogP contribution is 2.27. The van der Waals surface area contributed by atoms with Crippen LogP contribution in [0.15, 0.2) is 30.5 Å². The van der Waals surface area contributed by atoms with Crippen LogP contribution in [0, 0.1) is 0 Å². The SMILES string of the molecule is COc1ccc(Cl)c(C(=O)N2Cc3ccnn3[C@@H](CN(C)C)C2)c1. The van der Waals surface area contributed by atoms with Gasteiger partial charge in [0.2, 0.25) is 0 Å². The predicted octanol–water partition coefficient (Wildman–Crippen LogP) is 2.30. The van der Waals surface area contributed by atoms with E-state index < -0.39 is 0 Å². The summed E-state index contributed by atoms with van der Waals surface area (Å²) in [6, 6.07) is 7.21. The highest BCUT2D eigenvalue weighted by atomic mass is 35.5. The quantitative estimate of drug-likeness (QED) is 0.850. The molecule has 3 rings (SSSR count). The maximum Gasteiger partial charge on any atom is 0.255 e. The highest BCUT2D eigenvalue weighted by molar-refractivity contribution is 6.33. The van der Waals surface area contributed by atoms with E-state index in [1.54, 1.807) is 31.5 Å². The van der Waals surface area contributed by atoms with Crippen LogP contribution in [-0.4, -0.2) is 59.8 Å². The molecule has 6 nitrogen and oxygen atoms in total. The number of halogens is 1. The molecule has 1 aliphatic rings. The number of likely N-dealkylation sites (N-methyl/N-ethyl adjacent to an activating group) is 1. The van der Waals surface area contributed by atoms with Gasteiger partial charge in [-0.1, -0.05) is 11.6 Å². The van der Waals surface area contributed by atoms with Crippen molar-refractivity contribution in [2.24, 2.45) is 0 Å². The molecule has 0 radical (unpaired) electrons. The Morgan fingerprint density at radius 3 is 2.92 bits per heavy atom. The summed E-state index contributed by atoms with van der Waals surface area (Å²) in [7, 11) is 5.61. The van der Waals surface area contributed by atoms with Gasteiger partial charge in [-0.25, -0.2) is 0 Å². The number of rotatable bonds is 4. The minimum Gasteiger partial charge on any atom is -0.497 e. The molecule has 2 aromatic rings. The number of amides is 1. The third-order valence-corrected chi connectivity index (χ3v) is 4.48. The van der Waals surface area contributed by atoms with Gasteiger partial charge in [0.1, 0.15) is 5.75 Å². The predicted molar refractivity (Wildman–Crippen MR) is 92.6 cm³/mol. The molecular formula is C17H21ClN4O2. The number of ether oxygens (including phenoxy) is 1. The van der Waals surface area contributed by atoms with Crippen molar-refractivity contribution in [3.63, 3.8) is 0 Å². The lowest BCUT2D eigenvalue weighted by atomic mass is 10.1. The van der Waals surface area contributed by atoms with Gasteiger partial charge in [0.05, 0.1) is 36.0 Å². The van der Waals surface area contributed by atoms with Gasteiger partial charge in [0, 0.05) is 19.3 Å². The molecule has 1 aliphatic heterocycles. The largest absolute Gasteiger partial charge is 0.497 e. The zero-order chi connectivity index (χ0) is 17.3. The van der Waals surface area contributed by atoms with E-state index in [2.05, 4.69) is 10.00 Å². The molecule has 1 atom stereocenters. The first-order valence-electron chi connectivity index (χ1n) is 7.79. The van der Waals surface area contributed by atoms with Crippen LogP contribution in [0.3, 0.4) is 0 Å². The van der Waals surface area contributed by atoms with Gasteiger partial charge >= 0.3 is 0 Å². The Bertz CT molecular complexity index is 744. The van der Waals surface area contributed by atoms with E-state index in [4.69, 9.17) is 16.3 Å². The van der Waals surface area contributed by atoms with Crippen LogP contribution in [0.4, 0.5) is 0 Å². The molecule has 1 amide bonds. The van der Waals surface area contributed by atoms with E-state index in [-0.39, 0.29) is 11.9 Å². The number of fused-ring (bicyclic) bond motifs is 1. The molecule has 0 saturated carbocycles. The summed E-state index contributed by atoms with van der Waals surface area (Å²) < 4.78 is 7.23. The van der Waals surface area contributed by atoms with Crippen LogP contribution >= 0.6 is 11.6 Å². The van der Waals surface area contributed by atoms with E-state index in [1.165, 1.54) is 0 Å². The topological polar surface area (TPSA) is 50.6 Å². The van der Waals surface area contributed by atoms with E-state index >= 15 is 0 Å². The maximum atomic E-state index is 13.0. The Kier molecular flexibility index (Phi) is 4.78. The van der Waals surface area contributed by atoms with E-state index in [0.29, 0.717) is 29.4 Å². The van der Waals surface area contributed by atoms with E-state index in [1.807, 2.05) is 29.7 Å². The summed E-state index contributed by atoms with van der Waals surface area (Å²) in [6.07, 6.45) is 1.78. The molecule has 0 aliphatic carbocycles. The number of benzene rings is 1. The van der Waals surface area contributed by atoms with Crippen LogP contribution in [0.25, 0.3) is 0 Å². The number of hydrogen-bond acceptors (Lipinski definition) is 4. The van der Waals surface area contributed by atoms with Crippen molar-refractivity contribution in [3.8, 4) is 5.75 Å². The number of methoxy groups -OCH3 is 1. The summed E-state index contributed by atoms with van der Waals surface area (Å²) in [5.74, 6) is 0.532. The minimum atomic E-state index is -0.0879. The molecule has 2 heterocycles. The molecule has 0 spiro atoms. The molecule has 1 aromatic heterocycles. The number of nitrogens with zero attached hydrogens (tertiary/aromatic N) is 4. The molecule has 128 valence electrons. The third-order valence-electron chi connectivity index (χ3n) is 4.15. The van der Waals surface area contributed by atoms with Crippen LogP contribution < -0.4 is 4.74 Å². The first kappa shape index (κ1) is 16.8. The van der Waals surface area contributed by atoms with Crippen molar-refractivity contribution in [2.45, 2.75) is 12.6 Å². The molecule has 0 saturated heterocycles. The molecule has 0 N–H and O–H groups in total. The van der Waals surface area contributed by atoms with Crippen molar-refractivity contribution in [3.05, 3.63) is 46.7 Å². The summed E-state index contributed by atoms with van der Waals surface area (Å²) in [5, 5.41) is 4.84. The molecule has 1 aromatic carbocycles. The fourth-order valence-corrected chi connectivity index (χ4v) is 3.26. The monoisotopic (exact) mass is 348 g/mol. The minimum absolute atomic E-state index is 0.0879. The number of aromatic nitrogens is 2. The Hall–Kier alpha value is -2.05. The number of carbonyl (C=O) groups excluding carboxylic acids is 1. The molecule has 0 unspecified atom stereocenters. The first-order valence-corrected chi connectivity index (χ1v) is 8.17. The Morgan fingerprint density at radius 2 is 2.21 bits per heavy atom. The summed E-state index contributed by atoms with van der Waals surface area (Å²) in [6.45, 7) is 1.93. The van der Waals surface area contributed by atoms with Gasteiger partial charge in [0.15, 0.2) is 0 Å². The second-order valence-corrected chi connectivity index (χ2v) is 6.62. The molecule has 7 heteroatoms. The fourth-order valence-electron chi connectivity index (χ4n) is 3.06. The Balaban J connectivity index is 1.89. The molecule has 24 heavy (non-hydrogen) atoms. The third kappa shape index (κ3) is 3.25. The van der Waals surface area contributed by atoms with Crippen LogP contribution in [-0.2, 0) is 6.54 Å². The normalized spacial score (nSPS) is 17.0. The number of carbonyl (C=O) groups is 1. The molecular weight excluding hydrogens is 328 g/mol. The highest BCUT2D eigenvalue weighted by Gasteiger charge is 2.30. The van der Waals surface area contributed by atoms with Crippen LogP contribution in [0.1, 0.15) is 22.1 Å². The summed E-state index contributed by atoms with van der Waals surface area (Å²) >= 11 is 6.24. The van der Waals surface area contributed by atoms with Crippen molar-refractivity contribution >= 4 is 17.5 Å². The van der Waals surface area contributed by atoms with Crippen LogP contribution in [0.2, 0.25) is 5.02 Å². The zero-order valence-electron chi connectivity index (χ0n) is 14.1. The maximum absolute atomic E-state index is 13.0. The zero-order valence-corrected chi connectivity index (χ0v) is 14.8. The Labute approximate surface area is 146 Å². The van der Waals surface area contributed by atoms with E-state index in [9.17, 15) is 4.79 Å². The second kappa shape index (κ2) is 6.83. The van der Waals surface area contributed by atoms with Gasteiger partial charge in [-0.3, -0.25) is 9.48 Å². The van der Waals surface area contributed by atoms with Gasteiger partial charge in [-0.15, -0.1) is 0 Å². The Morgan fingerprint density at radius 1 is 1.42 bits per heavy atom. The lowest BCUT2D eigenvalue weighted by molar-refractivity contribution is 0.0652. The molecule has 0 bridgehead atoms. The van der Waals surface area contributed by atoms with Crippen molar-refractivity contribution in [1.82, 2.24) is 19.6 Å². The van der Waals surface area contributed by atoms with Gasteiger partial charge in [-0.2, -0.15) is 5.10 Å². The van der Waals surface area contributed by atoms with Gasteiger partial charge in [-0.05, 0) is 38.4 Å². The van der Waals surface area contributed by atoms with Crippen LogP contribution in [0.5, 0.6) is 5.75 Å². The lowest BCUT2D eigenvalue weighted by Crippen LogP contribution is -2.44. The van der Waals surface area contributed by atoms with Crippen molar-refractivity contribution < 1.29 is 9.53 Å². The van der Waals surface area contributed by atoms with Crippen molar-refractivity contribution in [1.29, 1.82) is 0 Å². The second-order valence-electron chi connectivity index (χ2n) is 6.21. The standard InChI is InChI=1S/C17H21ClN4O2/c1-20(2)9-13-11-21(10-12-6-7-19-22(12)13)17(23)15-8-14(24-3)4-5-16(15)18/h4-8,13H,9-11H2,1-3H3/t13-/m0/s1.